The van der Waals surface area contributed by atoms with Crippen LogP contribution in [0.5, 0.6) is 0 Å². The van der Waals surface area contributed by atoms with E-state index in [4.69, 9.17) is 5.26 Å². The standard InChI is InChI=1S/C10H11N3O/c1-2-4-13-10(14)9-6-8(7-11)3-5-12-9/h3,5-6H,2,4H2,1H3,(H,13,14). The van der Waals surface area contributed by atoms with E-state index in [0.717, 1.165) is 6.42 Å². The van der Waals surface area contributed by atoms with Crippen molar-refractivity contribution in [1.82, 2.24) is 10.3 Å². The zero-order valence-electron chi connectivity index (χ0n) is 7.95. The molecule has 0 unspecified atom stereocenters. The van der Waals surface area contributed by atoms with E-state index in [9.17, 15) is 4.79 Å². The molecule has 0 aromatic carbocycles. The first-order valence-electron chi connectivity index (χ1n) is 4.42. The van der Waals surface area contributed by atoms with Crippen molar-refractivity contribution < 1.29 is 4.79 Å². The summed E-state index contributed by atoms with van der Waals surface area (Å²) in [4.78, 5) is 15.3. The van der Waals surface area contributed by atoms with E-state index in [1.165, 1.54) is 12.3 Å². The van der Waals surface area contributed by atoms with Crippen molar-refractivity contribution in [3.05, 3.63) is 29.6 Å². The average Bonchev–Trinajstić information content (AvgIpc) is 2.26. The lowest BCUT2D eigenvalue weighted by atomic mass is 10.2. The molecule has 0 atom stereocenters. The van der Waals surface area contributed by atoms with Crippen molar-refractivity contribution in [3.63, 3.8) is 0 Å². The van der Waals surface area contributed by atoms with E-state index in [1.807, 2.05) is 13.0 Å². The summed E-state index contributed by atoms with van der Waals surface area (Å²) in [7, 11) is 0. The predicted octanol–water partition coefficient (Wildman–Crippen LogP) is 1.09. The first-order valence-corrected chi connectivity index (χ1v) is 4.42. The molecule has 0 aliphatic heterocycles. The molecular formula is C10H11N3O. The molecule has 1 rings (SSSR count). The van der Waals surface area contributed by atoms with Crippen LogP contribution in [0, 0.1) is 11.3 Å². The lowest BCUT2D eigenvalue weighted by molar-refractivity contribution is 0.0948. The van der Waals surface area contributed by atoms with E-state index < -0.39 is 0 Å². The first-order chi connectivity index (χ1) is 6.77. The zero-order chi connectivity index (χ0) is 10.4. The highest BCUT2D eigenvalue weighted by atomic mass is 16.1. The van der Waals surface area contributed by atoms with Crippen LogP contribution in [0.2, 0.25) is 0 Å². The molecule has 4 nitrogen and oxygen atoms in total. The molecule has 4 heteroatoms. The molecule has 1 heterocycles. The van der Waals surface area contributed by atoms with E-state index in [2.05, 4.69) is 10.3 Å². The second kappa shape index (κ2) is 4.97. The number of rotatable bonds is 3. The van der Waals surface area contributed by atoms with Gasteiger partial charge in [-0.15, -0.1) is 0 Å². The Kier molecular flexibility index (Phi) is 3.62. The number of carbonyl (C=O) groups excluding carboxylic acids is 1. The smallest absolute Gasteiger partial charge is 0.269 e. The number of amides is 1. The lowest BCUT2D eigenvalue weighted by Crippen LogP contribution is -2.24. The Morgan fingerprint density at radius 2 is 2.50 bits per heavy atom. The van der Waals surface area contributed by atoms with Crippen LogP contribution in [0.25, 0.3) is 0 Å². The summed E-state index contributed by atoms with van der Waals surface area (Å²) < 4.78 is 0. The monoisotopic (exact) mass is 189 g/mol. The zero-order valence-corrected chi connectivity index (χ0v) is 7.95. The van der Waals surface area contributed by atoms with Crippen LogP contribution >= 0.6 is 0 Å². The van der Waals surface area contributed by atoms with Crippen LogP contribution in [-0.2, 0) is 0 Å². The summed E-state index contributed by atoms with van der Waals surface area (Å²) >= 11 is 0. The van der Waals surface area contributed by atoms with Gasteiger partial charge in [0.2, 0.25) is 0 Å². The van der Waals surface area contributed by atoms with E-state index in [0.29, 0.717) is 12.1 Å². The Morgan fingerprint density at radius 3 is 3.14 bits per heavy atom. The van der Waals surface area contributed by atoms with Gasteiger partial charge >= 0.3 is 0 Å². The number of hydrogen-bond acceptors (Lipinski definition) is 3. The maximum atomic E-state index is 11.4. The van der Waals surface area contributed by atoms with Crippen LogP contribution in [0.15, 0.2) is 18.3 Å². The molecule has 0 saturated carbocycles. The molecule has 0 fully saturated rings. The van der Waals surface area contributed by atoms with Gasteiger partial charge in [0, 0.05) is 12.7 Å². The van der Waals surface area contributed by atoms with Crippen molar-refractivity contribution in [2.24, 2.45) is 0 Å². The van der Waals surface area contributed by atoms with Gasteiger partial charge in [-0.05, 0) is 18.6 Å². The summed E-state index contributed by atoms with van der Waals surface area (Å²) in [6.07, 6.45) is 2.34. The molecular weight excluding hydrogens is 178 g/mol. The minimum absolute atomic E-state index is 0.232. The highest BCUT2D eigenvalue weighted by molar-refractivity contribution is 5.92. The van der Waals surface area contributed by atoms with Gasteiger partial charge in [0.05, 0.1) is 11.6 Å². The lowest BCUT2D eigenvalue weighted by Gasteiger charge is -2.01. The van der Waals surface area contributed by atoms with Gasteiger partial charge in [0.15, 0.2) is 0 Å². The third kappa shape index (κ3) is 2.56. The molecule has 0 bridgehead atoms. The van der Waals surface area contributed by atoms with Crippen molar-refractivity contribution >= 4 is 5.91 Å². The fourth-order valence-corrected chi connectivity index (χ4v) is 0.953. The number of nitrogens with one attached hydrogen (secondary N) is 1. The highest BCUT2D eigenvalue weighted by Gasteiger charge is 2.05. The quantitative estimate of drug-likeness (QED) is 0.774. The summed E-state index contributed by atoms with van der Waals surface area (Å²) in [5.74, 6) is -0.232. The first kappa shape index (κ1) is 10.2. The molecule has 72 valence electrons. The Bertz CT molecular complexity index is 368. The molecule has 1 amide bonds. The molecule has 0 aliphatic carbocycles. The molecule has 14 heavy (non-hydrogen) atoms. The SMILES string of the molecule is CCCNC(=O)c1cc(C#N)ccn1. The van der Waals surface area contributed by atoms with Crippen molar-refractivity contribution in [2.75, 3.05) is 6.54 Å². The van der Waals surface area contributed by atoms with Gasteiger partial charge in [0.1, 0.15) is 5.69 Å². The summed E-state index contributed by atoms with van der Waals surface area (Å²) in [6, 6.07) is 5.00. The van der Waals surface area contributed by atoms with Crippen molar-refractivity contribution in [2.45, 2.75) is 13.3 Å². The maximum absolute atomic E-state index is 11.4. The number of nitriles is 1. The van der Waals surface area contributed by atoms with Gasteiger partial charge in [-0.2, -0.15) is 5.26 Å². The number of aromatic nitrogens is 1. The second-order valence-electron chi connectivity index (χ2n) is 2.80. The minimum atomic E-state index is -0.232. The summed E-state index contributed by atoms with van der Waals surface area (Å²) in [6.45, 7) is 2.59. The van der Waals surface area contributed by atoms with E-state index in [1.54, 1.807) is 6.07 Å². The maximum Gasteiger partial charge on any atom is 0.269 e. The van der Waals surface area contributed by atoms with Crippen LogP contribution in [-0.4, -0.2) is 17.4 Å². The second-order valence-corrected chi connectivity index (χ2v) is 2.80. The van der Waals surface area contributed by atoms with Gasteiger partial charge < -0.3 is 5.32 Å². The topological polar surface area (TPSA) is 65.8 Å². The van der Waals surface area contributed by atoms with Crippen molar-refractivity contribution in [3.8, 4) is 6.07 Å². The van der Waals surface area contributed by atoms with Crippen LogP contribution < -0.4 is 5.32 Å². The van der Waals surface area contributed by atoms with E-state index >= 15 is 0 Å². The van der Waals surface area contributed by atoms with Crippen molar-refractivity contribution in [1.29, 1.82) is 5.26 Å². The Morgan fingerprint density at radius 1 is 1.71 bits per heavy atom. The molecule has 0 spiro atoms. The van der Waals surface area contributed by atoms with Gasteiger partial charge in [0.25, 0.3) is 5.91 Å². The van der Waals surface area contributed by atoms with Gasteiger partial charge in [-0.1, -0.05) is 6.92 Å². The van der Waals surface area contributed by atoms with E-state index in [-0.39, 0.29) is 11.6 Å². The van der Waals surface area contributed by atoms with Crippen LogP contribution in [0.1, 0.15) is 29.4 Å². The molecule has 1 aromatic rings. The summed E-state index contributed by atoms with van der Waals surface area (Å²) in [5.41, 5.74) is 0.735. The number of carbonyl (C=O) groups is 1. The third-order valence-electron chi connectivity index (χ3n) is 1.66. The van der Waals surface area contributed by atoms with Crippen LogP contribution in [0.4, 0.5) is 0 Å². The largest absolute Gasteiger partial charge is 0.351 e. The Hall–Kier alpha value is -1.89. The third-order valence-corrected chi connectivity index (χ3v) is 1.66. The molecule has 0 radical (unpaired) electrons. The van der Waals surface area contributed by atoms with Gasteiger partial charge in [-0.25, -0.2) is 0 Å². The van der Waals surface area contributed by atoms with Gasteiger partial charge in [-0.3, -0.25) is 9.78 Å². The number of nitrogens with zero attached hydrogens (tertiary/aromatic N) is 2. The Balaban J connectivity index is 2.75. The van der Waals surface area contributed by atoms with Crippen LogP contribution in [0.3, 0.4) is 0 Å². The predicted molar refractivity (Wildman–Crippen MR) is 51.6 cm³/mol. The fourth-order valence-electron chi connectivity index (χ4n) is 0.953. The molecule has 0 aliphatic rings. The minimum Gasteiger partial charge on any atom is -0.351 e. The average molecular weight is 189 g/mol. The summed E-state index contributed by atoms with van der Waals surface area (Å²) in [5, 5.41) is 11.3. The molecule has 1 aromatic heterocycles. The molecule has 1 N–H and O–H groups in total. The number of hydrogen-bond donors (Lipinski definition) is 1. The highest BCUT2D eigenvalue weighted by Crippen LogP contribution is 1.99. The normalized spacial score (nSPS) is 9.14. The number of pyridine rings is 1. The fraction of sp³-hybridized carbons (Fsp3) is 0.300. The molecule has 0 saturated heterocycles. The Labute approximate surface area is 82.6 Å².